The lowest BCUT2D eigenvalue weighted by atomic mass is 9.78. The van der Waals surface area contributed by atoms with Gasteiger partial charge in [-0.2, -0.15) is 21.6 Å². The van der Waals surface area contributed by atoms with Crippen LogP contribution in [0.25, 0.3) is 0 Å². The van der Waals surface area contributed by atoms with Gasteiger partial charge < -0.3 is 5.11 Å². The van der Waals surface area contributed by atoms with Crippen molar-refractivity contribution < 1.29 is 39.3 Å². The topological polar surface area (TPSA) is 110 Å². The van der Waals surface area contributed by atoms with Crippen molar-refractivity contribution >= 4 is 20.3 Å². The third kappa shape index (κ3) is 5.33. The van der Waals surface area contributed by atoms with E-state index >= 15 is 0 Å². The van der Waals surface area contributed by atoms with E-state index in [9.17, 15) is 35.1 Å². The first-order chi connectivity index (χ1) is 9.64. The molecular formula is C10H18F3NO6S2. The number of alkyl halides is 3. The molecule has 0 unspecified atom stereocenters. The molecule has 0 aliphatic heterocycles. The molecule has 0 heterocycles. The maximum atomic E-state index is 12.1. The molecule has 0 saturated heterocycles. The molecule has 132 valence electrons. The molecule has 12 heteroatoms. The molecule has 1 saturated carbocycles. The Bertz CT molecular complexity index is 585. The predicted octanol–water partition coefficient (Wildman–Crippen LogP) is 1.02. The Morgan fingerprint density at radius 3 is 1.86 bits per heavy atom. The normalized spacial score (nSPS) is 25.2. The minimum atomic E-state index is -6.04. The van der Waals surface area contributed by atoms with Crippen molar-refractivity contribution in [3.8, 4) is 0 Å². The summed E-state index contributed by atoms with van der Waals surface area (Å²) in [6, 6.07) is 0. The van der Waals surface area contributed by atoms with Crippen molar-refractivity contribution in [3.05, 3.63) is 0 Å². The van der Waals surface area contributed by atoms with E-state index in [-0.39, 0.29) is 18.8 Å². The van der Waals surface area contributed by atoms with Gasteiger partial charge in [-0.15, -0.1) is 0 Å². The number of halogens is 3. The Morgan fingerprint density at radius 2 is 1.50 bits per heavy atom. The second kappa shape index (κ2) is 6.23. The fourth-order valence-corrected chi connectivity index (χ4v) is 4.41. The van der Waals surface area contributed by atoms with E-state index in [0.29, 0.717) is 17.0 Å². The van der Waals surface area contributed by atoms with Gasteiger partial charge in [-0.3, -0.25) is 4.18 Å². The highest BCUT2D eigenvalue weighted by Gasteiger charge is 2.49. The molecule has 0 aromatic carbocycles. The van der Waals surface area contributed by atoms with Crippen molar-refractivity contribution in [2.75, 3.05) is 0 Å². The van der Waals surface area contributed by atoms with Gasteiger partial charge in [-0.1, -0.05) is 4.13 Å². The fraction of sp³-hybridized carbons (Fsp3) is 1.00. The molecule has 22 heavy (non-hydrogen) atoms. The van der Waals surface area contributed by atoms with Gasteiger partial charge >= 0.3 is 25.8 Å². The first-order valence-corrected chi connectivity index (χ1v) is 9.29. The zero-order valence-corrected chi connectivity index (χ0v) is 13.6. The minimum absolute atomic E-state index is 0.0954. The molecule has 0 aromatic rings. The smallest absolute Gasteiger partial charge is 0.390 e. The van der Waals surface area contributed by atoms with E-state index in [4.69, 9.17) is 0 Å². The second-order valence-corrected chi connectivity index (χ2v) is 8.95. The van der Waals surface area contributed by atoms with Gasteiger partial charge in [-0.25, -0.2) is 8.42 Å². The Morgan fingerprint density at radius 1 is 1.05 bits per heavy atom. The van der Waals surface area contributed by atoms with Gasteiger partial charge in [0, 0.05) is 0 Å². The third-order valence-electron chi connectivity index (χ3n) is 3.45. The molecule has 0 atom stereocenters. The van der Waals surface area contributed by atoms with E-state index in [0.717, 1.165) is 0 Å². The van der Waals surface area contributed by atoms with E-state index in [1.54, 1.807) is 13.8 Å². The summed E-state index contributed by atoms with van der Waals surface area (Å²) in [6.07, 6.45) is 0.258. The zero-order chi connectivity index (χ0) is 17.4. The van der Waals surface area contributed by atoms with Gasteiger partial charge in [0.1, 0.15) is 0 Å². The molecule has 0 aromatic heterocycles. The van der Waals surface area contributed by atoms with Gasteiger partial charge in [0.25, 0.3) is 0 Å². The van der Waals surface area contributed by atoms with Crippen LogP contribution in [0, 0.1) is 5.92 Å². The van der Waals surface area contributed by atoms with Gasteiger partial charge in [0.15, 0.2) is 0 Å². The first-order valence-electron chi connectivity index (χ1n) is 6.39. The quantitative estimate of drug-likeness (QED) is 0.749. The number of aliphatic hydroxyl groups is 1. The highest BCUT2D eigenvalue weighted by atomic mass is 32.3. The van der Waals surface area contributed by atoms with Gasteiger partial charge in [0.05, 0.1) is 11.7 Å². The van der Waals surface area contributed by atoms with E-state index in [2.05, 4.69) is 4.18 Å². The van der Waals surface area contributed by atoms with Crippen LogP contribution in [0.2, 0.25) is 0 Å². The standard InChI is InChI=1S/C10H18F3NO6S2/c1-9(2,15)7-3-5-8(6-4-7)20-22(18,19)14-21(16,17)10(11,12)13/h7-8,14-15H,3-6H2,1-2H3. The molecule has 7 nitrogen and oxygen atoms in total. The molecule has 0 bridgehead atoms. The van der Waals surface area contributed by atoms with Crippen molar-refractivity contribution in [3.63, 3.8) is 0 Å². The number of rotatable bonds is 5. The van der Waals surface area contributed by atoms with Crippen LogP contribution in [-0.2, 0) is 24.5 Å². The average molecular weight is 369 g/mol. The summed E-state index contributed by atoms with van der Waals surface area (Å²) in [5.41, 5.74) is -6.70. The van der Waals surface area contributed by atoms with E-state index in [1.165, 1.54) is 0 Å². The van der Waals surface area contributed by atoms with Gasteiger partial charge in [-0.05, 0) is 45.4 Å². The molecule has 0 spiro atoms. The first kappa shape index (κ1) is 19.6. The Hall–Kier alpha value is -0.430. The van der Waals surface area contributed by atoms with Crippen LogP contribution in [0.5, 0.6) is 0 Å². The summed E-state index contributed by atoms with van der Waals surface area (Å²) in [6.45, 7) is 3.21. The SMILES string of the molecule is CC(C)(O)C1CCC(OS(=O)(=O)NS(=O)(=O)C(F)(F)F)CC1. The molecule has 0 amide bonds. The summed E-state index contributed by atoms with van der Waals surface area (Å²) in [5.74, 6) is -0.0954. The summed E-state index contributed by atoms with van der Waals surface area (Å²) >= 11 is 0. The monoisotopic (exact) mass is 369 g/mol. The largest absolute Gasteiger partial charge is 0.512 e. The highest BCUT2D eigenvalue weighted by molar-refractivity contribution is 8.03. The fourth-order valence-electron chi connectivity index (χ4n) is 2.25. The van der Waals surface area contributed by atoms with E-state index < -0.39 is 37.5 Å². The highest BCUT2D eigenvalue weighted by Crippen LogP contribution is 2.34. The van der Waals surface area contributed by atoms with Crippen LogP contribution in [0.15, 0.2) is 0 Å². The molecule has 1 aliphatic carbocycles. The lowest BCUT2D eigenvalue weighted by molar-refractivity contribution is -0.0444. The molecule has 0 radical (unpaired) electrons. The Kier molecular flexibility index (Phi) is 5.55. The van der Waals surface area contributed by atoms with E-state index in [1.807, 2.05) is 0 Å². The van der Waals surface area contributed by atoms with Crippen LogP contribution in [0.4, 0.5) is 13.2 Å². The number of hydrogen-bond donors (Lipinski definition) is 2. The van der Waals surface area contributed by atoms with Crippen molar-refractivity contribution in [2.45, 2.75) is 56.7 Å². The minimum Gasteiger partial charge on any atom is -0.390 e. The predicted molar refractivity (Wildman–Crippen MR) is 70.2 cm³/mol. The summed E-state index contributed by atoms with van der Waals surface area (Å²) in [4.78, 5) is 0. The molecule has 1 aliphatic rings. The maximum Gasteiger partial charge on any atom is 0.512 e. The molecule has 2 N–H and O–H groups in total. The number of sulfonamides is 1. The van der Waals surface area contributed by atoms with Gasteiger partial charge in [0.2, 0.25) is 0 Å². The molecule has 1 rings (SSSR count). The number of nitrogens with one attached hydrogen (secondary N) is 1. The van der Waals surface area contributed by atoms with Crippen LogP contribution < -0.4 is 4.13 Å². The summed E-state index contributed by atoms with van der Waals surface area (Å²) in [5, 5.41) is 9.83. The Balaban J connectivity index is 2.65. The number of hydrogen-bond acceptors (Lipinski definition) is 6. The summed E-state index contributed by atoms with van der Waals surface area (Å²) in [7, 11) is -11.1. The van der Waals surface area contributed by atoms with Crippen LogP contribution in [0.1, 0.15) is 39.5 Å². The van der Waals surface area contributed by atoms with Crippen LogP contribution in [-0.4, -0.2) is 39.2 Å². The molecule has 1 fully saturated rings. The lowest BCUT2D eigenvalue weighted by Crippen LogP contribution is -2.43. The molecular weight excluding hydrogens is 351 g/mol. The van der Waals surface area contributed by atoms with Crippen molar-refractivity contribution in [1.82, 2.24) is 4.13 Å². The van der Waals surface area contributed by atoms with Crippen molar-refractivity contribution in [2.24, 2.45) is 5.92 Å². The lowest BCUT2D eigenvalue weighted by Gasteiger charge is -2.35. The van der Waals surface area contributed by atoms with Crippen LogP contribution >= 0.6 is 0 Å². The average Bonchev–Trinajstić information content (AvgIpc) is 2.24. The zero-order valence-electron chi connectivity index (χ0n) is 11.9. The Labute approximate surface area is 127 Å². The third-order valence-corrected chi connectivity index (χ3v) is 6.28. The van der Waals surface area contributed by atoms with Crippen LogP contribution in [0.3, 0.4) is 0 Å². The summed E-state index contributed by atoms with van der Waals surface area (Å²) < 4.78 is 85.6. The van der Waals surface area contributed by atoms with Crippen molar-refractivity contribution in [1.29, 1.82) is 0 Å². The maximum absolute atomic E-state index is 12.1. The second-order valence-electron chi connectivity index (χ2n) is 5.71.